The molecule has 0 spiro atoms. The molecule has 2 nitrogen and oxygen atoms in total. The molecule has 1 heterocycles. The first-order valence-electron chi connectivity index (χ1n) is 5.09. The maximum atomic E-state index is 8.61. The van der Waals surface area contributed by atoms with Gasteiger partial charge in [0.2, 0.25) is 0 Å². The maximum Gasteiger partial charge on any atom is 0.0669 e. The highest BCUT2D eigenvalue weighted by atomic mass is 14.9. The van der Waals surface area contributed by atoms with Crippen LogP contribution in [-0.4, -0.2) is 6.54 Å². The minimum Gasteiger partial charge on any atom is -0.310 e. The third-order valence-electron chi connectivity index (χ3n) is 2.70. The molecule has 2 heteroatoms. The van der Waals surface area contributed by atoms with E-state index in [2.05, 4.69) is 23.5 Å². The number of nitriles is 1. The lowest BCUT2D eigenvalue weighted by Gasteiger charge is -2.10. The Hall–Kier alpha value is -1.33. The zero-order valence-electron chi connectivity index (χ0n) is 8.16. The zero-order chi connectivity index (χ0) is 9.80. The van der Waals surface area contributed by atoms with Crippen LogP contribution in [0.3, 0.4) is 0 Å². The Morgan fingerprint density at radius 2 is 2.43 bits per heavy atom. The highest BCUT2D eigenvalue weighted by Crippen LogP contribution is 2.23. The van der Waals surface area contributed by atoms with Crippen LogP contribution in [0.2, 0.25) is 0 Å². The van der Waals surface area contributed by atoms with Gasteiger partial charge in [0.05, 0.1) is 12.5 Å². The Morgan fingerprint density at radius 1 is 1.50 bits per heavy atom. The normalized spacial score (nSPS) is 20.6. The fraction of sp³-hybridized carbons (Fsp3) is 0.417. The number of hydrogen-bond donors (Lipinski definition) is 1. The van der Waals surface area contributed by atoms with Crippen molar-refractivity contribution in [2.75, 3.05) is 6.54 Å². The van der Waals surface area contributed by atoms with E-state index in [1.165, 1.54) is 18.4 Å². The molecule has 72 valence electrons. The summed E-state index contributed by atoms with van der Waals surface area (Å²) >= 11 is 0. The largest absolute Gasteiger partial charge is 0.310 e. The van der Waals surface area contributed by atoms with Gasteiger partial charge in [0.15, 0.2) is 0 Å². The first-order chi connectivity index (χ1) is 6.90. The molecule has 0 bridgehead atoms. The van der Waals surface area contributed by atoms with Gasteiger partial charge in [0.25, 0.3) is 0 Å². The average molecular weight is 186 g/mol. The summed E-state index contributed by atoms with van der Waals surface area (Å²) in [5.41, 5.74) is 2.45. The van der Waals surface area contributed by atoms with Gasteiger partial charge in [-0.25, -0.2) is 0 Å². The first kappa shape index (κ1) is 9.23. The van der Waals surface area contributed by atoms with Crippen molar-refractivity contribution in [2.24, 2.45) is 0 Å². The topological polar surface area (TPSA) is 35.8 Å². The Labute approximate surface area is 84.6 Å². The number of nitrogens with one attached hydrogen (secondary N) is 1. The second kappa shape index (κ2) is 4.26. The number of benzene rings is 1. The Morgan fingerprint density at radius 3 is 3.14 bits per heavy atom. The Balaban J connectivity index is 2.17. The van der Waals surface area contributed by atoms with Crippen molar-refractivity contribution in [3.8, 4) is 6.07 Å². The summed E-state index contributed by atoms with van der Waals surface area (Å²) in [6.07, 6.45) is 2.99. The monoisotopic (exact) mass is 186 g/mol. The summed E-state index contributed by atoms with van der Waals surface area (Å²) in [6, 6.07) is 11.0. The van der Waals surface area contributed by atoms with E-state index in [-0.39, 0.29) is 0 Å². The lowest BCUT2D eigenvalue weighted by molar-refractivity contribution is 0.647. The Kier molecular flexibility index (Phi) is 2.81. The van der Waals surface area contributed by atoms with Gasteiger partial charge in [-0.1, -0.05) is 24.3 Å². The molecule has 14 heavy (non-hydrogen) atoms. The van der Waals surface area contributed by atoms with Crippen LogP contribution >= 0.6 is 0 Å². The van der Waals surface area contributed by atoms with Crippen LogP contribution in [0.15, 0.2) is 24.3 Å². The van der Waals surface area contributed by atoms with Crippen LogP contribution in [0, 0.1) is 11.3 Å². The molecule has 0 saturated carbocycles. The number of hydrogen-bond acceptors (Lipinski definition) is 2. The van der Waals surface area contributed by atoms with Gasteiger partial charge >= 0.3 is 0 Å². The second-order valence-corrected chi connectivity index (χ2v) is 3.73. The van der Waals surface area contributed by atoms with E-state index in [1.54, 1.807) is 0 Å². The fourth-order valence-electron chi connectivity index (χ4n) is 1.98. The third-order valence-corrected chi connectivity index (χ3v) is 2.70. The predicted octanol–water partition coefficient (Wildman–Crippen LogP) is 2.18. The molecule has 0 aliphatic carbocycles. The van der Waals surface area contributed by atoms with Gasteiger partial charge in [-0.3, -0.25) is 0 Å². The van der Waals surface area contributed by atoms with Gasteiger partial charge in [0, 0.05) is 6.04 Å². The van der Waals surface area contributed by atoms with Crippen molar-refractivity contribution in [3.05, 3.63) is 35.4 Å². The molecular formula is C12H14N2. The lowest BCUT2D eigenvalue weighted by Crippen LogP contribution is -2.12. The zero-order valence-corrected chi connectivity index (χ0v) is 8.16. The SMILES string of the molecule is N#CCc1cccc([C@H]2CCCN2)c1. The molecule has 1 aromatic carbocycles. The van der Waals surface area contributed by atoms with Crippen LogP contribution in [0.4, 0.5) is 0 Å². The minimum absolute atomic E-state index is 0.508. The number of nitrogens with zero attached hydrogens (tertiary/aromatic N) is 1. The molecule has 0 unspecified atom stereocenters. The number of rotatable bonds is 2. The second-order valence-electron chi connectivity index (χ2n) is 3.73. The molecule has 1 aromatic rings. The molecular weight excluding hydrogens is 172 g/mol. The van der Waals surface area contributed by atoms with E-state index in [0.717, 1.165) is 12.1 Å². The minimum atomic E-state index is 0.508. The van der Waals surface area contributed by atoms with E-state index < -0.39 is 0 Å². The summed E-state index contributed by atoms with van der Waals surface area (Å²) < 4.78 is 0. The molecule has 1 atom stereocenters. The van der Waals surface area contributed by atoms with Crippen molar-refractivity contribution in [3.63, 3.8) is 0 Å². The molecule has 1 aliphatic rings. The van der Waals surface area contributed by atoms with Gasteiger partial charge in [-0.2, -0.15) is 5.26 Å². The Bertz CT molecular complexity index is 346. The quantitative estimate of drug-likeness (QED) is 0.768. The van der Waals surface area contributed by atoms with E-state index >= 15 is 0 Å². The summed E-state index contributed by atoms with van der Waals surface area (Å²) in [5.74, 6) is 0. The van der Waals surface area contributed by atoms with Crippen molar-refractivity contribution in [2.45, 2.75) is 25.3 Å². The molecule has 0 radical (unpaired) electrons. The molecule has 1 aliphatic heterocycles. The fourth-order valence-corrected chi connectivity index (χ4v) is 1.98. The molecule has 0 amide bonds. The standard InChI is InChI=1S/C12H14N2/c13-7-6-10-3-1-4-11(9-10)12-5-2-8-14-12/h1,3-4,9,12,14H,2,5-6,8H2/t12-/m1/s1. The average Bonchev–Trinajstić information content (AvgIpc) is 2.71. The molecule has 1 fully saturated rings. The van der Waals surface area contributed by atoms with E-state index in [4.69, 9.17) is 5.26 Å². The van der Waals surface area contributed by atoms with E-state index in [0.29, 0.717) is 12.5 Å². The summed E-state index contributed by atoms with van der Waals surface area (Å²) in [6.45, 7) is 1.12. The van der Waals surface area contributed by atoms with Gasteiger partial charge in [0.1, 0.15) is 0 Å². The van der Waals surface area contributed by atoms with E-state index in [9.17, 15) is 0 Å². The van der Waals surface area contributed by atoms with Crippen molar-refractivity contribution >= 4 is 0 Å². The summed E-state index contributed by atoms with van der Waals surface area (Å²) in [5, 5.41) is 12.1. The highest BCUT2D eigenvalue weighted by molar-refractivity contribution is 5.28. The van der Waals surface area contributed by atoms with E-state index in [1.807, 2.05) is 12.1 Å². The molecule has 1 saturated heterocycles. The van der Waals surface area contributed by atoms with Crippen molar-refractivity contribution < 1.29 is 0 Å². The van der Waals surface area contributed by atoms with Crippen LogP contribution < -0.4 is 5.32 Å². The predicted molar refractivity (Wildman–Crippen MR) is 55.7 cm³/mol. The van der Waals surface area contributed by atoms with Crippen LogP contribution in [-0.2, 0) is 6.42 Å². The van der Waals surface area contributed by atoms with Crippen molar-refractivity contribution in [1.82, 2.24) is 5.32 Å². The maximum absolute atomic E-state index is 8.61. The van der Waals surface area contributed by atoms with Gasteiger partial charge < -0.3 is 5.32 Å². The summed E-state index contributed by atoms with van der Waals surface area (Å²) in [4.78, 5) is 0. The molecule has 1 N–H and O–H groups in total. The lowest BCUT2D eigenvalue weighted by atomic mass is 10.0. The third kappa shape index (κ3) is 1.94. The smallest absolute Gasteiger partial charge is 0.0669 e. The molecule has 0 aromatic heterocycles. The van der Waals surface area contributed by atoms with Gasteiger partial charge in [-0.05, 0) is 30.5 Å². The highest BCUT2D eigenvalue weighted by Gasteiger charge is 2.15. The van der Waals surface area contributed by atoms with Crippen LogP contribution in [0.1, 0.15) is 30.0 Å². The molecule has 2 rings (SSSR count). The van der Waals surface area contributed by atoms with Gasteiger partial charge in [-0.15, -0.1) is 0 Å². The van der Waals surface area contributed by atoms with Crippen molar-refractivity contribution in [1.29, 1.82) is 5.26 Å². The first-order valence-corrected chi connectivity index (χ1v) is 5.09. The summed E-state index contributed by atoms with van der Waals surface area (Å²) in [7, 11) is 0. The van der Waals surface area contributed by atoms with Crippen LogP contribution in [0.25, 0.3) is 0 Å². The van der Waals surface area contributed by atoms with Crippen LogP contribution in [0.5, 0.6) is 0 Å².